The molecule has 0 unspecified atom stereocenters. The third kappa shape index (κ3) is 1.15. The van der Waals surface area contributed by atoms with Gasteiger partial charge >= 0.3 is 5.97 Å². The van der Waals surface area contributed by atoms with E-state index in [1.165, 1.54) is 12.4 Å². The molecule has 0 radical (unpaired) electrons. The molecule has 0 atom stereocenters. The summed E-state index contributed by atoms with van der Waals surface area (Å²) in [4.78, 5) is 14.6. The summed E-state index contributed by atoms with van der Waals surface area (Å²) in [6.07, 6.45) is 2.94. The van der Waals surface area contributed by atoms with Gasteiger partial charge in [-0.2, -0.15) is 5.10 Å². The lowest BCUT2D eigenvalue weighted by Gasteiger charge is -1.94. The molecular formula is C11H7N3O2. The Balaban J connectivity index is 2.41. The summed E-state index contributed by atoms with van der Waals surface area (Å²) >= 11 is 0. The monoisotopic (exact) mass is 213 g/mol. The summed E-state index contributed by atoms with van der Waals surface area (Å²) < 4.78 is 1.54. The molecule has 2 heterocycles. The second kappa shape index (κ2) is 3.03. The van der Waals surface area contributed by atoms with Crippen molar-refractivity contribution in [3.63, 3.8) is 0 Å². The number of nitrogens with zero attached hydrogens (tertiary/aromatic N) is 3. The van der Waals surface area contributed by atoms with E-state index in [1.807, 2.05) is 24.3 Å². The van der Waals surface area contributed by atoms with Crippen LogP contribution in [0.25, 0.3) is 16.4 Å². The van der Waals surface area contributed by atoms with E-state index in [-0.39, 0.29) is 5.69 Å². The van der Waals surface area contributed by atoms with Crippen LogP contribution in [0.5, 0.6) is 0 Å². The molecule has 1 N–H and O–H groups in total. The van der Waals surface area contributed by atoms with Crippen molar-refractivity contribution < 1.29 is 9.90 Å². The average molecular weight is 213 g/mol. The predicted molar refractivity (Wildman–Crippen MR) is 57.5 cm³/mol. The van der Waals surface area contributed by atoms with E-state index in [0.29, 0.717) is 0 Å². The topological polar surface area (TPSA) is 67.5 Å². The van der Waals surface area contributed by atoms with Crippen LogP contribution in [-0.4, -0.2) is 25.7 Å². The summed E-state index contributed by atoms with van der Waals surface area (Å²) in [5.41, 5.74) is 1.62. The Hall–Kier alpha value is -2.43. The number of aromatic nitrogens is 3. The molecule has 5 nitrogen and oxygen atoms in total. The SMILES string of the molecule is O=C(O)c1cn2nc3ccccc3c2cn1. The number of hydrogen-bond acceptors (Lipinski definition) is 3. The molecule has 0 saturated carbocycles. The molecule has 3 aromatic rings. The molecule has 0 fully saturated rings. The van der Waals surface area contributed by atoms with Gasteiger partial charge in [-0.3, -0.25) is 0 Å². The van der Waals surface area contributed by atoms with Gasteiger partial charge in [-0.1, -0.05) is 18.2 Å². The van der Waals surface area contributed by atoms with Gasteiger partial charge in [0.05, 0.1) is 23.4 Å². The van der Waals surface area contributed by atoms with E-state index in [0.717, 1.165) is 16.4 Å². The smallest absolute Gasteiger partial charge is 0.356 e. The van der Waals surface area contributed by atoms with Crippen LogP contribution in [0, 0.1) is 0 Å². The molecule has 16 heavy (non-hydrogen) atoms. The van der Waals surface area contributed by atoms with Crippen LogP contribution in [0.3, 0.4) is 0 Å². The molecule has 78 valence electrons. The van der Waals surface area contributed by atoms with Crippen LogP contribution < -0.4 is 0 Å². The Kier molecular flexibility index (Phi) is 1.67. The zero-order valence-electron chi connectivity index (χ0n) is 8.16. The maximum atomic E-state index is 10.8. The van der Waals surface area contributed by atoms with E-state index in [2.05, 4.69) is 10.1 Å². The molecule has 5 heteroatoms. The van der Waals surface area contributed by atoms with Crippen molar-refractivity contribution in [2.24, 2.45) is 0 Å². The molecule has 1 aromatic carbocycles. The van der Waals surface area contributed by atoms with Gasteiger partial charge in [0.15, 0.2) is 5.69 Å². The highest BCUT2D eigenvalue weighted by atomic mass is 16.4. The molecule has 0 bridgehead atoms. The van der Waals surface area contributed by atoms with Gasteiger partial charge < -0.3 is 5.11 Å². The number of carbonyl (C=O) groups is 1. The van der Waals surface area contributed by atoms with Crippen LogP contribution in [0.15, 0.2) is 36.7 Å². The number of rotatable bonds is 1. The number of carboxylic acids is 1. The lowest BCUT2D eigenvalue weighted by Crippen LogP contribution is -2.02. The van der Waals surface area contributed by atoms with Crippen molar-refractivity contribution in [3.05, 3.63) is 42.4 Å². The second-order valence-corrected chi connectivity index (χ2v) is 3.42. The summed E-state index contributed by atoms with van der Waals surface area (Å²) in [5.74, 6) is -1.05. The summed E-state index contributed by atoms with van der Waals surface area (Å²) in [6.45, 7) is 0. The Morgan fingerprint density at radius 3 is 2.94 bits per heavy atom. The van der Waals surface area contributed by atoms with Crippen molar-refractivity contribution >= 4 is 22.4 Å². The number of benzene rings is 1. The minimum atomic E-state index is -1.05. The third-order valence-electron chi connectivity index (χ3n) is 2.43. The van der Waals surface area contributed by atoms with Gasteiger partial charge in [-0.05, 0) is 6.07 Å². The lowest BCUT2D eigenvalue weighted by atomic mass is 10.2. The quantitative estimate of drug-likeness (QED) is 0.666. The van der Waals surface area contributed by atoms with Gasteiger partial charge in [-0.25, -0.2) is 14.3 Å². The number of fused-ring (bicyclic) bond motifs is 3. The number of aromatic carboxylic acids is 1. The molecule has 3 rings (SSSR count). The maximum Gasteiger partial charge on any atom is 0.356 e. The third-order valence-corrected chi connectivity index (χ3v) is 2.43. The first-order valence-corrected chi connectivity index (χ1v) is 4.72. The molecule has 2 aromatic heterocycles. The zero-order chi connectivity index (χ0) is 11.1. The van der Waals surface area contributed by atoms with E-state index < -0.39 is 5.97 Å². The fraction of sp³-hybridized carbons (Fsp3) is 0. The van der Waals surface area contributed by atoms with Crippen LogP contribution >= 0.6 is 0 Å². The Labute approximate surface area is 90.0 Å². The highest BCUT2D eigenvalue weighted by Crippen LogP contribution is 2.18. The van der Waals surface area contributed by atoms with Crippen LogP contribution in [0.2, 0.25) is 0 Å². The van der Waals surface area contributed by atoms with Gasteiger partial charge in [0.1, 0.15) is 0 Å². The molecule has 0 aliphatic carbocycles. The van der Waals surface area contributed by atoms with Crippen molar-refractivity contribution in [2.45, 2.75) is 0 Å². The molecule has 0 aliphatic rings. The van der Waals surface area contributed by atoms with Gasteiger partial charge in [0.25, 0.3) is 0 Å². The highest BCUT2D eigenvalue weighted by molar-refractivity contribution is 5.94. The molecule has 0 amide bonds. The zero-order valence-corrected chi connectivity index (χ0v) is 8.16. The predicted octanol–water partition coefficient (Wildman–Crippen LogP) is 1.58. The van der Waals surface area contributed by atoms with Crippen molar-refractivity contribution in [1.29, 1.82) is 0 Å². The largest absolute Gasteiger partial charge is 0.476 e. The average Bonchev–Trinajstić information content (AvgIpc) is 2.66. The second-order valence-electron chi connectivity index (χ2n) is 3.42. The standard InChI is InChI=1S/C11H7N3O2/c15-11(16)9-6-14-10(5-12-9)7-3-1-2-4-8(7)13-14/h1-6H,(H,15,16). The lowest BCUT2D eigenvalue weighted by molar-refractivity contribution is 0.0689. The first kappa shape index (κ1) is 8.84. The van der Waals surface area contributed by atoms with E-state index in [4.69, 9.17) is 5.11 Å². The molecule has 0 spiro atoms. The normalized spacial score (nSPS) is 11.0. The Morgan fingerprint density at radius 2 is 2.12 bits per heavy atom. The van der Waals surface area contributed by atoms with Crippen molar-refractivity contribution in [3.8, 4) is 0 Å². The molecular weight excluding hydrogens is 206 g/mol. The highest BCUT2D eigenvalue weighted by Gasteiger charge is 2.08. The number of carboxylic acid groups (broad SMARTS) is 1. The summed E-state index contributed by atoms with van der Waals surface area (Å²) in [7, 11) is 0. The van der Waals surface area contributed by atoms with Gasteiger partial charge in [0, 0.05) is 5.39 Å². The molecule has 0 saturated heterocycles. The summed E-state index contributed by atoms with van der Waals surface area (Å²) in [6, 6.07) is 7.61. The fourth-order valence-corrected chi connectivity index (χ4v) is 1.69. The molecule has 0 aliphatic heterocycles. The first-order valence-electron chi connectivity index (χ1n) is 4.72. The Morgan fingerprint density at radius 1 is 1.31 bits per heavy atom. The van der Waals surface area contributed by atoms with Crippen molar-refractivity contribution in [2.75, 3.05) is 0 Å². The minimum Gasteiger partial charge on any atom is -0.476 e. The van der Waals surface area contributed by atoms with Gasteiger partial charge in [-0.15, -0.1) is 0 Å². The van der Waals surface area contributed by atoms with Crippen molar-refractivity contribution in [1.82, 2.24) is 14.6 Å². The van der Waals surface area contributed by atoms with Crippen LogP contribution in [0.1, 0.15) is 10.5 Å². The Bertz CT molecular complexity index is 703. The first-order chi connectivity index (χ1) is 7.75. The number of hydrogen-bond donors (Lipinski definition) is 1. The minimum absolute atomic E-state index is 0.0136. The van der Waals surface area contributed by atoms with Gasteiger partial charge in [0.2, 0.25) is 0 Å². The maximum absolute atomic E-state index is 10.8. The van der Waals surface area contributed by atoms with E-state index in [1.54, 1.807) is 4.52 Å². The van der Waals surface area contributed by atoms with E-state index >= 15 is 0 Å². The van der Waals surface area contributed by atoms with Crippen LogP contribution in [-0.2, 0) is 0 Å². The summed E-state index contributed by atoms with van der Waals surface area (Å²) in [5, 5.41) is 14.1. The van der Waals surface area contributed by atoms with E-state index in [9.17, 15) is 4.79 Å². The fourth-order valence-electron chi connectivity index (χ4n) is 1.69. The van der Waals surface area contributed by atoms with Crippen LogP contribution in [0.4, 0.5) is 0 Å².